The van der Waals surface area contributed by atoms with Crippen LogP contribution in [-0.2, 0) is 16.1 Å². The zero-order valence-electron chi connectivity index (χ0n) is 20.1. The molecule has 1 N–H and O–H groups in total. The summed E-state index contributed by atoms with van der Waals surface area (Å²) in [7, 11) is 1.50. The second-order valence-electron chi connectivity index (χ2n) is 8.21. The highest BCUT2D eigenvalue weighted by Crippen LogP contribution is 2.37. The van der Waals surface area contributed by atoms with Gasteiger partial charge in [0.25, 0.3) is 11.8 Å². The third kappa shape index (κ3) is 5.88. The van der Waals surface area contributed by atoms with E-state index in [0.717, 1.165) is 11.1 Å². The highest BCUT2D eigenvalue weighted by atomic mass is 35.5. The predicted octanol–water partition coefficient (Wildman–Crippen LogP) is 5.50. The lowest BCUT2D eigenvalue weighted by molar-refractivity contribution is -0.122. The topological polar surface area (TPSA) is 86.3 Å². The molecule has 2 amide bonds. The zero-order valence-corrected chi connectivity index (χ0v) is 22.5. The van der Waals surface area contributed by atoms with Crippen molar-refractivity contribution in [1.82, 2.24) is 4.90 Å². The monoisotopic (exact) mass is 568 g/mol. The largest absolute Gasteiger partial charge is 0.493 e. The molecule has 0 saturated carbocycles. The molecule has 0 radical (unpaired) electrons. The number of nitrogens with one attached hydrogen (secondary N) is 1. The number of methoxy groups -OCH3 is 1. The maximum Gasteiger partial charge on any atom is 0.266 e. The maximum absolute atomic E-state index is 13.1. The van der Waals surface area contributed by atoms with Gasteiger partial charge in [-0.3, -0.25) is 14.5 Å². The molecule has 3 aromatic rings. The van der Waals surface area contributed by atoms with Crippen LogP contribution in [-0.4, -0.2) is 41.5 Å². The molecule has 0 bridgehead atoms. The van der Waals surface area contributed by atoms with Gasteiger partial charge in [-0.1, -0.05) is 47.7 Å². The van der Waals surface area contributed by atoms with Crippen molar-refractivity contribution >= 4 is 63.5 Å². The normalized spacial score (nSPS) is 15.2. The number of thioether (sulfide) groups is 1. The molecule has 38 heavy (non-hydrogen) atoms. The molecule has 0 unspecified atom stereocenters. The van der Waals surface area contributed by atoms with Gasteiger partial charge < -0.3 is 24.3 Å². The van der Waals surface area contributed by atoms with Gasteiger partial charge in [-0.05, 0) is 65.7 Å². The number of rotatable bonds is 8. The third-order valence-electron chi connectivity index (χ3n) is 5.62. The van der Waals surface area contributed by atoms with Crippen LogP contribution in [0.3, 0.4) is 0 Å². The number of nitrogens with zero attached hydrogens (tertiary/aromatic N) is 1. The Morgan fingerprint density at radius 3 is 2.68 bits per heavy atom. The quantitative estimate of drug-likeness (QED) is 0.282. The van der Waals surface area contributed by atoms with Crippen LogP contribution < -0.4 is 24.3 Å². The Kier molecular flexibility index (Phi) is 7.73. The maximum atomic E-state index is 13.1. The SMILES string of the molecule is COc1cc(/C=C2\SC(=S)N(Cc3ccc4c(c3)OCO4)C2=O)ccc1OCC(=O)Nc1ccc(Cl)cc1. The van der Waals surface area contributed by atoms with E-state index < -0.39 is 0 Å². The Morgan fingerprint density at radius 2 is 1.89 bits per heavy atom. The van der Waals surface area contributed by atoms with E-state index in [0.29, 0.717) is 49.5 Å². The minimum absolute atomic E-state index is 0.184. The van der Waals surface area contributed by atoms with Gasteiger partial charge in [-0.25, -0.2) is 0 Å². The number of carbonyl (C=O) groups is 2. The first-order valence-corrected chi connectivity index (χ1v) is 13.0. The number of hydrogen-bond donors (Lipinski definition) is 1. The Labute approximate surface area is 233 Å². The van der Waals surface area contributed by atoms with E-state index in [1.54, 1.807) is 53.4 Å². The number of amides is 2. The Bertz CT molecular complexity index is 1440. The minimum atomic E-state index is -0.329. The van der Waals surface area contributed by atoms with Crippen molar-refractivity contribution < 1.29 is 28.5 Å². The summed E-state index contributed by atoms with van der Waals surface area (Å²) >= 11 is 12.6. The van der Waals surface area contributed by atoms with Gasteiger partial charge in [0.15, 0.2) is 29.6 Å². The van der Waals surface area contributed by atoms with Crippen LogP contribution in [0.1, 0.15) is 11.1 Å². The van der Waals surface area contributed by atoms with E-state index in [9.17, 15) is 9.59 Å². The number of anilines is 1. The van der Waals surface area contributed by atoms with Gasteiger partial charge in [0.2, 0.25) is 6.79 Å². The molecule has 0 spiro atoms. The molecule has 2 aliphatic rings. The smallest absolute Gasteiger partial charge is 0.266 e. The van der Waals surface area contributed by atoms with E-state index in [-0.39, 0.29) is 25.2 Å². The molecule has 0 atom stereocenters. The van der Waals surface area contributed by atoms with Crippen LogP contribution >= 0.6 is 35.6 Å². The number of hydrogen-bond acceptors (Lipinski definition) is 8. The van der Waals surface area contributed by atoms with Crippen LogP contribution in [0.15, 0.2) is 65.6 Å². The number of halogens is 1. The second-order valence-corrected chi connectivity index (χ2v) is 10.3. The second kappa shape index (κ2) is 11.3. The van der Waals surface area contributed by atoms with Crippen LogP contribution in [0.25, 0.3) is 6.08 Å². The van der Waals surface area contributed by atoms with E-state index in [4.69, 9.17) is 42.8 Å². The summed E-state index contributed by atoms with van der Waals surface area (Å²) in [5.74, 6) is 1.64. The average Bonchev–Trinajstić information content (AvgIpc) is 3.48. The number of thiocarbonyl (C=S) groups is 1. The first-order chi connectivity index (χ1) is 18.4. The van der Waals surface area contributed by atoms with E-state index >= 15 is 0 Å². The van der Waals surface area contributed by atoms with Crippen molar-refractivity contribution in [2.45, 2.75) is 6.54 Å². The molecular formula is C27H21ClN2O6S2. The number of benzene rings is 3. The molecule has 1 fully saturated rings. The highest BCUT2D eigenvalue weighted by Gasteiger charge is 2.32. The Balaban J connectivity index is 1.23. The van der Waals surface area contributed by atoms with Gasteiger partial charge in [-0.2, -0.15) is 0 Å². The van der Waals surface area contributed by atoms with Gasteiger partial charge in [0.05, 0.1) is 18.6 Å². The summed E-state index contributed by atoms with van der Waals surface area (Å²) in [6.45, 7) is 0.302. The summed E-state index contributed by atoms with van der Waals surface area (Å²) in [6.07, 6.45) is 1.75. The minimum Gasteiger partial charge on any atom is -0.493 e. The van der Waals surface area contributed by atoms with Crippen molar-refractivity contribution in [2.24, 2.45) is 0 Å². The summed E-state index contributed by atoms with van der Waals surface area (Å²) in [6, 6.07) is 17.5. The van der Waals surface area contributed by atoms with Crippen molar-refractivity contribution in [3.05, 3.63) is 81.7 Å². The Hall–Kier alpha value is -3.73. The molecule has 5 rings (SSSR count). The predicted molar refractivity (Wildman–Crippen MR) is 150 cm³/mol. The van der Waals surface area contributed by atoms with E-state index in [1.165, 1.54) is 18.9 Å². The molecule has 0 aromatic heterocycles. The standard InChI is InChI=1S/C27H21ClN2O6S2/c1-33-22-10-16(2-8-20(22)34-14-25(31)29-19-6-4-18(28)5-7-19)12-24-26(32)30(27(37)38-24)13-17-3-9-21-23(11-17)36-15-35-21/h2-12H,13-15H2,1H3,(H,29,31)/b24-12-. The molecule has 2 heterocycles. The van der Waals surface area contributed by atoms with Crippen molar-refractivity contribution in [2.75, 3.05) is 25.8 Å². The van der Waals surface area contributed by atoms with Gasteiger partial charge in [0, 0.05) is 10.7 Å². The molecule has 0 aliphatic carbocycles. The van der Waals surface area contributed by atoms with Crippen molar-refractivity contribution in [3.8, 4) is 23.0 Å². The summed E-state index contributed by atoms with van der Waals surface area (Å²) in [5.41, 5.74) is 2.22. The van der Waals surface area contributed by atoms with E-state index in [1.807, 2.05) is 18.2 Å². The van der Waals surface area contributed by atoms with Crippen LogP contribution in [0.5, 0.6) is 23.0 Å². The van der Waals surface area contributed by atoms with Gasteiger partial charge >= 0.3 is 0 Å². The number of fused-ring (bicyclic) bond motifs is 1. The molecular weight excluding hydrogens is 548 g/mol. The fourth-order valence-corrected chi connectivity index (χ4v) is 5.16. The third-order valence-corrected chi connectivity index (χ3v) is 7.25. The first kappa shape index (κ1) is 25.9. The molecule has 1 saturated heterocycles. The number of carbonyl (C=O) groups excluding carboxylic acids is 2. The lowest BCUT2D eigenvalue weighted by atomic mass is 10.1. The summed E-state index contributed by atoms with van der Waals surface area (Å²) in [5, 5.41) is 3.32. The molecule has 3 aromatic carbocycles. The summed E-state index contributed by atoms with van der Waals surface area (Å²) in [4.78, 5) is 27.4. The highest BCUT2D eigenvalue weighted by molar-refractivity contribution is 8.26. The fraction of sp³-hybridized carbons (Fsp3) is 0.148. The lowest BCUT2D eigenvalue weighted by Crippen LogP contribution is -2.27. The summed E-state index contributed by atoms with van der Waals surface area (Å²) < 4.78 is 22.4. The van der Waals surface area contributed by atoms with Crippen LogP contribution in [0, 0.1) is 0 Å². The Morgan fingerprint density at radius 1 is 1.11 bits per heavy atom. The molecule has 194 valence electrons. The van der Waals surface area contributed by atoms with Crippen molar-refractivity contribution in [1.29, 1.82) is 0 Å². The molecule has 2 aliphatic heterocycles. The van der Waals surface area contributed by atoms with Gasteiger partial charge in [-0.15, -0.1) is 0 Å². The van der Waals surface area contributed by atoms with Crippen LogP contribution in [0.4, 0.5) is 5.69 Å². The van der Waals surface area contributed by atoms with E-state index in [2.05, 4.69) is 5.32 Å². The zero-order chi connectivity index (χ0) is 26.6. The molecule has 8 nitrogen and oxygen atoms in total. The fourth-order valence-electron chi connectivity index (χ4n) is 3.78. The van der Waals surface area contributed by atoms with Crippen molar-refractivity contribution in [3.63, 3.8) is 0 Å². The molecule has 11 heteroatoms. The van der Waals surface area contributed by atoms with Gasteiger partial charge in [0.1, 0.15) is 4.32 Å². The first-order valence-electron chi connectivity index (χ1n) is 11.4. The van der Waals surface area contributed by atoms with Crippen LogP contribution in [0.2, 0.25) is 5.02 Å². The lowest BCUT2D eigenvalue weighted by Gasteiger charge is -2.14. The number of ether oxygens (including phenoxy) is 4. The average molecular weight is 569 g/mol.